The first-order valence-electron chi connectivity index (χ1n) is 7.70. The standard InChI is InChI=1S/C15H32N2/c1-4-5-6-7-8-9-10-11-17-12-14(2)16-15(3)13-17/h14-16H,4-13H2,1-3H3. The molecule has 0 radical (unpaired) electrons. The van der Waals surface area contributed by atoms with Gasteiger partial charge in [-0.2, -0.15) is 0 Å². The number of nitrogens with one attached hydrogen (secondary N) is 1. The zero-order valence-corrected chi connectivity index (χ0v) is 12.2. The second-order valence-corrected chi connectivity index (χ2v) is 5.85. The minimum absolute atomic E-state index is 0.670. The SMILES string of the molecule is CCCCCCCCCN1CC(C)NC(C)C1. The lowest BCUT2D eigenvalue weighted by atomic mass is 10.1. The second-order valence-electron chi connectivity index (χ2n) is 5.85. The van der Waals surface area contributed by atoms with Crippen molar-refractivity contribution in [1.29, 1.82) is 0 Å². The molecule has 102 valence electrons. The fourth-order valence-corrected chi connectivity index (χ4v) is 2.92. The molecule has 0 saturated carbocycles. The van der Waals surface area contributed by atoms with Crippen LogP contribution < -0.4 is 5.32 Å². The summed E-state index contributed by atoms with van der Waals surface area (Å²) in [5.74, 6) is 0. The molecule has 1 saturated heterocycles. The molecular formula is C15H32N2. The van der Waals surface area contributed by atoms with E-state index in [9.17, 15) is 0 Å². The third-order valence-corrected chi connectivity index (χ3v) is 3.71. The third-order valence-electron chi connectivity index (χ3n) is 3.71. The van der Waals surface area contributed by atoms with Crippen molar-refractivity contribution in [3.63, 3.8) is 0 Å². The van der Waals surface area contributed by atoms with Crippen molar-refractivity contribution < 1.29 is 0 Å². The predicted octanol–water partition coefficient (Wildman–Crippen LogP) is 3.42. The minimum atomic E-state index is 0.670. The molecule has 0 aromatic carbocycles. The first-order chi connectivity index (χ1) is 8.22. The van der Waals surface area contributed by atoms with Gasteiger partial charge >= 0.3 is 0 Å². The quantitative estimate of drug-likeness (QED) is 0.654. The average Bonchev–Trinajstić information content (AvgIpc) is 2.26. The molecule has 2 nitrogen and oxygen atoms in total. The van der Waals surface area contributed by atoms with Gasteiger partial charge in [0.05, 0.1) is 0 Å². The normalized spacial score (nSPS) is 26.3. The van der Waals surface area contributed by atoms with E-state index in [0.717, 1.165) is 0 Å². The Morgan fingerprint density at radius 1 is 0.882 bits per heavy atom. The van der Waals surface area contributed by atoms with E-state index in [1.54, 1.807) is 0 Å². The Bertz CT molecular complexity index is 172. The van der Waals surface area contributed by atoms with E-state index in [2.05, 4.69) is 31.0 Å². The van der Waals surface area contributed by atoms with Gasteiger partial charge in [-0.15, -0.1) is 0 Å². The molecule has 0 bridgehead atoms. The molecule has 1 fully saturated rings. The van der Waals surface area contributed by atoms with Crippen LogP contribution in [-0.4, -0.2) is 36.6 Å². The number of rotatable bonds is 8. The van der Waals surface area contributed by atoms with Crippen LogP contribution in [0, 0.1) is 0 Å². The lowest BCUT2D eigenvalue weighted by Crippen LogP contribution is -2.54. The summed E-state index contributed by atoms with van der Waals surface area (Å²) >= 11 is 0. The van der Waals surface area contributed by atoms with Crippen LogP contribution in [0.1, 0.15) is 65.7 Å². The summed E-state index contributed by atoms with van der Waals surface area (Å²) in [5.41, 5.74) is 0. The fourth-order valence-electron chi connectivity index (χ4n) is 2.92. The fraction of sp³-hybridized carbons (Fsp3) is 1.00. The van der Waals surface area contributed by atoms with Gasteiger partial charge in [0.1, 0.15) is 0 Å². The summed E-state index contributed by atoms with van der Waals surface area (Å²) in [6.45, 7) is 10.7. The number of hydrogen-bond donors (Lipinski definition) is 1. The first-order valence-corrected chi connectivity index (χ1v) is 7.70. The van der Waals surface area contributed by atoms with Crippen molar-refractivity contribution in [3.8, 4) is 0 Å². The van der Waals surface area contributed by atoms with E-state index >= 15 is 0 Å². The summed E-state index contributed by atoms with van der Waals surface area (Å²) in [6.07, 6.45) is 9.93. The number of hydrogen-bond acceptors (Lipinski definition) is 2. The Morgan fingerprint density at radius 2 is 1.41 bits per heavy atom. The smallest absolute Gasteiger partial charge is 0.0169 e. The van der Waals surface area contributed by atoms with Crippen LogP contribution in [0.5, 0.6) is 0 Å². The average molecular weight is 240 g/mol. The molecule has 1 N–H and O–H groups in total. The number of nitrogens with zero attached hydrogens (tertiary/aromatic N) is 1. The van der Waals surface area contributed by atoms with Gasteiger partial charge in [-0.25, -0.2) is 0 Å². The van der Waals surface area contributed by atoms with Crippen molar-refractivity contribution in [2.75, 3.05) is 19.6 Å². The molecule has 2 unspecified atom stereocenters. The minimum Gasteiger partial charge on any atom is -0.309 e. The topological polar surface area (TPSA) is 15.3 Å². The van der Waals surface area contributed by atoms with Crippen LogP contribution in [0.2, 0.25) is 0 Å². The molecule has 1 heterocycles. The highest BCUT2D eigenvalue weighted by molar-refractivity contribution is 4.80. The molecule has 1 rings (SSSR count). The molecule has 1 aliphatic rings. The maximum Gasteiger partial charge on any atom is 0.0169 e. The molecule has 0 spiro atoms. The van der Waals surface area contributed by atoms with Crippen LogP contribution >= 0.6 is 0 Å². The molecular weight excluding hydrogens is 208 g/mol. The van der Waals surface area contributed by atoms with E-state index in [1.165, 1.54) is 64.6 Å². The number of piperazine rings is 1. The van der Waals surface area contributed by atoms with Crippen molar-refractivity contribution in [3.05, 3.63) is 0 Å². The van der Waals surface area contributed by atoms with Crippen molar-refractivity contribution >= 4 is 0 Å². The van der Waals surface area contributed by atoms with Crippen LogP contribution in [-0.2, 0) is 0 Å². The molecule has 1 aliphatic heterocycles. The lowest BCUT2D eigenvalue weighted by molar-refractivity contribution is 0.170. The number of unbranched alkanes of at least 4 members (excludes halogenated alkanes) is 6. The molecule has 17 heavy (non-hydrogen) atoms. The summed E-state index contributed by atoms with van der Waals surface area (Å²) in [5, 5.41) is 3.59. The van der Waals surface area contributed by atoms with Crippen molar-refractivity contribution in [1.82, 2.24) is 10.2 Å². The monoisotopic (exact) mass is 240 g/mol. The highest BCUT2D eigenvalue weighted by atomic mass is 15.2. The lowest BCUT2D eigenvalue weighted by Gasteiger charge is -2.36. The Morgan fingerprint density at radius 3 is 2.00 bits per heavy atom. The van der Waals surface area contributed by atoms with Crippen molar-refractivity contribution in [2.24, 2.45) is 0 Å². The molecule has 0 aliphatic carbocycles. The van der Waals surface area contributed by atoms with Gasteiger partial charge < -0.3 is 10.2 Å². The van der Waals surface area contributed by atoms with Gasteiger partial charge in [0.25, 0.3) is 0 Å². The summed E-state index contributed by atoms with van der Waals surface area (Å²) in [6, 6.07) is 1.34. The molecule has 2 atom stereocenters. The van der Waals surface area contributed by atoms with E-state index in [4.69, 9.17) is 0 Å². The van der Waals surface area contributed by atoms with E-state index in [-0.39, 0.29) is 0 Å². The Labute approximate surface area is 108 Å². The van der Waals surface area contributed by atoms with Gasteiger partial charge in [-0.1, -0.05) is 45.4 Å². The molecule has 0 aromatic rings. The summed E-state index contributed by atoms with van der Waals surface area (Å²) in [7, 11) is 0. The predicted molar refractivity (Wildman–Crippen MR) is 76.5 cm³/mol. The third kappa shape index (κ3) is 7.05. The van der Waals surface area contributed by atoms with Gasteiger partial charge in [-0.3, -0.25) is 0 Å². The van der Waals surface area contributed by atoms with Crippen LogP contribution in [0.4, 0.5) is 0 Å². The van der Waals surface area contributed by atoms with Gasteiger partial charge in [-0.05, 0) is 26.8 Å². The van der Waals surface area contributed by atoms with Gasteiger partial charge in [0.15, 0.2) is 0 Å². The van der Waals surface area contributed by atoms with Gasteiger partial charge in [0.2, 0.25) is 0 Å². The Balaban J connectivity index is 1.95. The van der Waals surface area contributed by atoms with Gasteiger partial charge in [0, 0.05) is 25.2 Å². The van der Waals surface area contributed by atoms with Crippen LogP contribution in [0.25, 0.3) is 0 Å². The Hall–Kier alpha value is -0.0800. The molecule has 0 aromatic heterocycles. The summed E-state index contributed by atoms with van der Waals surface area (Å²) < 4.78 is 0. The highest BCUT2D eigenvalue weighted by Crippen LogP contribution is 2.09. The Kier molecular flexibility index (Phi) is 7.87. The molecule has 0 amide bonds. The maximum absolute atomic E-state index is 3.59. The maximum atomic E-state index is 3.59. The molecule has 2 heteroatoms. The zero-order chi connectivity index (χ0) is 12.5. The van der Waals surface area contributed by atoms with E-state index in [1.807, 2.05) is 0 Å². The second kappa shape index (κ2) is 8.93. The van der Waals surface area contributed by atoms with E-state index in [0.29, 0.717) is 12.1 Å². The van der Waals surface area contributed by atoms with Crippen LogP contribution in [0.3, 0.4) is 0 Å². The summed E-state index contributed by atoms with van der Waals surface area (Å²) in [4.78, 5) is 2.64. The van der Waals surface area contributed by atoms with Crippen molar-refractivity contribution in [2.45, 2.75) is 77.8 Å². The van der Waals surface area contributed by atoms with Crippen LogP contribution in [0.15, 0.2) is 0 Å². The van der Waals surface area contributed by atoms with E-state index < -0.39 is 0 Å². The first kappa shape index (κ1) is 15.0. The highest BCUT2D eigenvalue weighted by Gasteiger charge is 2.19. The zero-order valence-electron chi connectivity index (χ0n) is 12.2. The largest absolute Gasteiger partial charge is 0.309 e.